The molecular weight excluding hydrogens is 366 g/mol. The Morgan fingerprint density at radius 1 is 1.04 bits per heavy atom. The van der Waals surface area contributed by atoms with E-state index in [2.05, 4.69) is 0 Å². The number of carbonyl (C=O) groups is 1. The fourth-order valence-corrected chi connectivity index (χ4v) is 4.91. The fraction of sp³-hybridized carbons (Fsp3) is 0.188. The van der Waals surface area contributed by atoms with E-state index in [1.165, 1.54) is 30.3 Å². The number of fused-ring (bicyclic) bond motifs is 1. The summed E-state index contributed by atoms with van der Waals surface area (Å²) in [6.07, 6.45) is 0. The normalized spacial score (nSPS) is 16.0. The number of carbonyl (C=O) groups excluding carboxylic acids is 1. The van der Waals surface area contributed by atoms with E-state index in [0.717, 1.165) is 5.56 Å². The molecule has 0 fully saturated rings. The lowest BCUT2D eigenvalue weighted by atomic mass is 10.2. The lowest BCUT2D eigenvalue weighted by Gasteiger charge is -2.15. The maximum Gasteiger partial charge on any atom is 0.297 e. The van der Waals surface area contributed by atoms with E-state index in [0.29, 0.717) is 4.31 Å². The van der Waals surface area contributed by atoms with Gasteiger partial charge in [0, 0.05) is 0 Å². The molecule has 0 saturated carbocycles. The van der Waals surface area contributed by atoms with E-state index >= 15 is 0 Å². The Labute approximate surface area is 146 Å². The topological polar surface area (TPSA) is 97.8 Å². The molecule has 1 aliphatic heterocycles. The highest BCUT2D eigenvalue weighted by molar-refractivity contribution is 7.90. The molecule has 0 N–H and O–H groups in total. The van der Waals surface area contributed by atoms with Crippen molar-refractivity contribution in [1.29, 1.82) is 0 Å². The smallest absolute Gasteiger partial charge is 0.268 e. The van der Waals surface area contributed by atoms with Crippen molar-refractivity contribution in [2.45, 2.75) is 16.7 Å². The summed E-state index contributed by atoms with van der Waals surface area (Å²) < 4.78 is 54.4. The van der Waals surface area contributed by atoms with Crippen LogP contribution in [0.25, 0.3) is 0 Å². The largest absolute Gasteiger partial charge is 0.297 e. The second-order valence-corrected chi connectivity index (χ2v) is 8.91. The molecule has 7 nitrogen and oxygen atoms in total. The molecule has 0 unspecified atom stereocenters. The molecule has 0 spiro atoms. The first-order valence-corrected chi connectivity index (χ1v) is 10.2. The third kappa shape index (κ3) is 3.17. The number of sulfonamides is 1. The third-order valence-corrected chi connectivity index (χ3v) is 6.92. The quantitative estimate of drug-likeness (QED) is 0.729. The first kappa shape index (κ1) is 17.6. The molecule has 0 atom stereocenters. The molecule has 2 aromatic carbocycles. The van der Waals surface area contributed by atoms with Gasteiger partial charge in [-0.05, 0) is 31.2 Å². The van der Waals surface area contributed by atoms with Crippen LogP contribution in [0, 0.1) is 6.92 Å². The number of nitrogens with zero attached hydrogens (tertiary/aromatic N) is 1. The highest BCUT2D eigenvalue weighted by atomic mass is 32.2. The SMILES string of the molecule is Cc1ccc(S(=O)(=O)OCCN2C(=O)c3ccccc3S2(=O)=O)cc1. The van der Waals surface area contributed by atoms with E-state index in [1.54, 1.807) is 18.2 Å². The molecule has 3 rings (SSSR count). The molecule has 0 bridgehead atoms. The molecular formula is C16H15NO6S2. The minimum absolute atomic E-state index is 0.0306. The lowest BCUT2D eigenvalue weighted by Crippen LogP contribution is -2.33. The molecule has 0 saturated heterocycles. The van der Waals surface area contributed by atoms with Crippen LogP contribution in [0.3, 0.4) is 0 Å². The maximum absolute atomic E-state index is 12.4. The van der Waals surface area contributed by atoms with Crippen molar-refractivity contribution < 1.29 is 25.8 Å². The summed E-state index contributed by atoms with van der Waals surface area (Å²) >= 11 is 0. The Hall–Kier alpha value is -2.23. The molecule has 0 aliphatic carbocycles. The van der Waals surface area contributed by atoms with Gasteiger partial charge in [-0.2, -0.15) is 8.42 Å². The molecule has 1 aliphatic rings. The number of rotatable bonds is 5. The van der Waals surface area contributed by atoms with Gasteiger partial charge >= 0.3 is 0 Å². The average molecular weight is 381 g/mol. The minimum Gasteiger partial charge on any atom is -0.268 e. The fourth-order valence-electron chi connectivity index (χ4n) is 2.46. The van der Waals surface area contributed by atoms with Gasteiger partial charge in [-0.15, -0.1) is 0 Å². The van der Waals surface area contributed by atoms with E-state index in [9.17, 15) is 21.6 Å². The summed E-state index contributed by atoms with van der Waals surface area (Å²) in [6, 6.07) is 11.9. The van der Waals surface area contributed by atoms with Gasteiger partial charge < -0.3 is 0 Å². The molecule has 1 amide bonds. The number of aryl methyl sites for hydroxylation is 1. The van der Waals surface area contributed by atoms with Gasteiger partial charge in [0.15, 0.2) is 0 Å². The van der Waals surface area contributed by atoms with E-state index < -0.39 is 32.7 Å². The standard InChI is InChI=1S/C16H15NO6S2/c1-12-6-8-13(9-7-12)25(21,22)23-11-10-17-16(18)14-4-2-3-5-15(14)24(17,19)20/h2-9H,10-11H2,1H3. The third-order valence-electron chi connectivity index (χ3n) is 3.75. The monoisotopic (exact) mass is 381 g/mol. The van der Waals surface area contributed by atoms with Crippen LogP contribution in [0.2, 0.25) is 0 Å². The minimum atomic E-state index is -4.02. The van der Waals surface area contributed by atoms with Crippen molar-refractivity contribution in [3.63, 3.8) is 0 Å². The summed E-state index contributed by atoms with van der Waals surface area (Å²) in [5.74, 6) is -0.688. The summed E-state index contributed by atoms with van der Waals surface area (Å²) in [5.41, 5.74) is 0.967. The van der Waals surface area contributed by atoms with Crippen LogP contribution >= 0.6 is 0 Å². The Morgan fingerprint density at radius 3 is 2.32 bits per heavy atom. The van der Waals surface area contributed by atoms with Crippen molar-refractivity contribution in [2.24, 2.45) is 0 Å². The molecule has 0 aromatic heterocycles. The molecule has 25 heavy (non-hydrogen) atoms. The van der Waals surface area contributed by atoms with Crippen LogP contribution < -0.4 is 0 Å². The van der Waals surface area contributed by atoms with Crippen molar-refractivity contribution in [3.8, 4) is 0 Å². The Bertz CT molecular complexity index is 1030. The van der Waals surface area contributed by atoms with Gasteiger partial charge in [0.2, 0.25) is 0 Å². The van der Waals surface area contributed by atoms with Gasteiger partial charge in [-0.25, -0.2) is 12.7 Å². The molecule has 1 heterocycles. The van der Waals surface area contributed by atoms with Crippen LogP contribution in [-0.4, -0.2) is 40.2 Å². The predicted molar refractivity (Wildman–Crippen MR) is 89.0 cm³/mol. The zero-order valence-corrected chi connectivity index (χ0v) is 14.9. The predicted octanol–water partition coefficient (Wildman–Crippen LogP) is 1.55. The van der Waals surface area contributed by atoms with Gasteiger partial charge in [0.25, 0.3) is 26.0 Å². The number of hydrogen-bond acceptors (Lipinski definition) is 6. The lowest BCUT2D eigenvalue weighted by molar-refractivity contribution is 0.0857. The summed E-state index contributed by atoms with van der Waals surface area (Å²) in [4.78, 5) is 12.1. The summed E-state index contributed by atoms with van der Waals surface area (Å²) in [5, 5.41) is 0. The van der Waals surface area contributed by atoms with Gasteiger partial charge in [0.1, 0.15) is 4.90 Å². The van der Waals surface area contributed by atoms with E-state index in [1.807, 2.05) is 6.92 Å². The second-order valence-electron chi connectivity index (χ2n) is 5.47. The van der Waals surface area contributed by atoms with Gasteiger partial charge in [-0.1, -0.05) is 29.8 Å². The van der Waals surface area contributed by atoms with Crippen LogP contribution in [0.5, 0.6) is 0 Å². The highest BCUT2D eigenvalue weighted by Gasteiger charge is 2.40. The Balaban J connectivity index is 1.73. The zero-order chi connectivity index (χ0) is 18.2. The molecule has 0 radical (unpaired) electrons. The number of hydrogen-bond donors (Lipinski definition) is 0. The Morgan fingerprint density at radius 2 is 1.68 bits per heavy atom. The molecule has 9 heteroatoms. The van der Waals surface area contributed by atoms with Gasteiger partial charge in [-0.3, -0.25) is 8.98 Å². The highest BCUT2D eigenvalue weighted by Crippen LogP contribution is 2.29. The first-order valence-electron chi connectivity index (χ1n) is 7.36. The van der Waals surface area contributed by atoms with Crippen molar-refractivity contribution in [1.82, 2.24) is 4.31 Å². The summed E-state index contributed by atoms with van der Waals surface area (Å²) in [6.45, 7) is 0.967. The molecule has 2 aromatic rings. The van der Waals surface area contributed by atoms with Crippen LogP contribution in [0.15, 0.2) is 58.3 Å². The molecule has 132 valence electrons. The van der Waals surface area contributed by atoms with E-state index in [4.69, 9.17) is 4.18 Å². The zero-order valence-electron chi connectivity index (χ0n) is 13.2. The van der Waals surface area contributed by atoms with Crippen LogP contribution in [-0.2, 0) is 24.3 Å². The van der Waals surface area contributed by atoms with Crippen LogP contribution in [0.4, 0.5) is 0 Å². The van der Waals surface area contributed by atoms with Gasteiger partial charge in [0.05, 0.1) is 23.6 Å². The van der Waals surface area contributed by atoms with E-state index in [-0.39, 0.29) is 21.9 Å². The van der Waals surface area contributed by atoms with Crippen molar-refractivity contribution in [3.05, 3.63) is 59.7 Å². The van der Waals surface area contributed by atoms with Crippen LogP contribution in [0.1, 0.15) is 15.9 Å². The average Bonchev–Trinajstić information content (AvgIpc) is 2.76. The van der Waals surface area contributed by atoms with Crippen molar-refractivity contribution in [2.75, 3.05) is 13.2 Å². The maximum atomic E-state index is 12.4. The Kier molecular flexibility index (Phi) is 4.40. The number of amides is 1. The summed E-state index contributed by atoms with van der Waals surface area (Å²) in [7, 11) is -8.00. The van der Waals surface area contributed by atoms with Crippen molar-refractivity contribution >= 4 is 26.0 Å². The first-order chi connectivity index (χ1) is 11.7. The number of benzene rings is 2. The second kappa shape index (κ2) is 6.25.